The molecule has 1 atom stereocenters. The molecule has 1 aromatic rings. The van der Waals surface area contributed by atoms with Crippen LogP contribution in [-0.4, -0.2) is 66.9 Å². The van der Waals surface area contributed by atoms with E-state index < -0.39 is 6.04 Å². The van der Waals surface area contributed by atoms with Crippen molar-refractivity contribution >= 4 is 17.7 Å². The Bertz CT molecular complexity index is 822. The number of carbonyl (C=O) groups excluding carboxylic acids is 3. The molecule has 7 nitrogen and oxygen atoms in total. The Morgan fingerprint density at radius 3 is 2.28 bits per heavy atom. The van der Waals surface area contributed by atoms with E-state index in [9.17, 15) is 14.4 Å². The van der Waals surface area contributed by atoms with Crippen molar-refractivity contribution in [2.75, 3.05) is 33.3 Å². The lowest BCUT2D eigenvalue weighted by molar-refractivity contribution is -0.138. The fraction of sp³-hybridized carbons (Fsp3) is 0.640. The number of hydrogen-bond donors (Lipinski definition) is 1. The van der Waals surface area contributed by atoms with Gasteiger partial charge in [0.1, 0.15) is 11.8 Å². The number of nitrogens with one attached hydrogen (secondary N) is 1. The molecule has 1 N–H and O–H groups in total. The van der Waals surface area contributed by atoms with Crippen molar-refractivity contribution in [1.82, 2.24) is 15.1 Å². The molecule has 2 aliphatic heterocycles. The molecule has 0 spiro atoms. The number of rotatable bonds is 6. The molecular formula is C25H35N3O4. The first-order chi connectivity index (χ1) is 15.6. The van der Waals surface area contributed by atoms with Gasteiger partial charge in [0.2, 0.25) is 11.8 Å². The van der Waals surface area contributed by atoms with Gasteiger partial charge < -0.3 is 19.9 Å². The lowest BCUT2D eigenvalue weighted by atomic mass is 9.87. The zero-order chi connectivity index (χ0) is 22.5. The first kappa shape index (κ1) is 22.6. The van der Waals surface area contributed by atoms with E-state index in [-0.39, 0.29) is 29.6 Å². The summed E-state index contributed by atoms with van der Waals surface area (Å²) in [5.41, 5.74) is 0.484. The summed E-state index contributed by atoms with van der Waals surface area (Å²) in [5.74, 6) is 0.861. The molecule has 0 radical (unpaired) electrons. The molecule has 4 rings (SSSR count). The maximum absolute atomic E-state index is 13.4. The molecule has 2 heterocycles. The summed E-state index contributed by atoms with van der Waals surface area (Å²) in [6, 6.07) is 6.43. The maximum atomic E-state index is 13.4. The quantitative estimate of drug-likeness (QED) is 0.736. The van der Waals surface area contributed by atoms with E-state index in [1.54, 1.807) is 31.4 Å². The Balaban J connectivity index is 1.44. The number of ether oxygens (including phenoxy) is 1. The normalized spacial score (nSPS) is 20.9. The SMILES string of the molecule is COc1cccc(C(=O)N[C@H](C(=O)N2CCCC2)C2CCN(C(=O)C3CCCC3)CC2)c1. The van der Waals surface area contributed by atoms with E-state index in [1.807, 2.05) is 9.80 Å². The van der Waals surface area contributed by atoms with Crippen molar-refractivity contribution in [1.29, 1.82) is 0 Å². The van der Waals surface area contributed by atoms with Crippen molar-refractivity contribution in [3.05, 3.63) is 29.8 Å². The number of carbonyl (C=O) groups is 3. The molecule has 1 aromatic carbocycles. The Morgan fingerprint density at radius 1 is 0.938 bits per heavy atom. The van der Waals surface area contributed by atoms with Crippen molar-refractivity contribution in [2.45, 2.75) is 57.4 Å². The van der Waals surface area contributed by atoms with Gasteiger partial charge in [-0.25, -0.2) is 0 Å². The van der Waals surface area contributed by atoms with E-state index in [2.05, 4.69) is 5.32 Å². The highest BCUT2D eigenvalue weighted by Crippen LogP contribution is 2.30. The minimum Gasteiger partial charge on any atom is -0.497 e. The van der Waals surface area contributed by atoms with Crippen LogP contribution in [0.2, 0.25) is 0 Å². The van der Waals surface area contributed by atoms with Crippen molar-refractivity contribution in [2.24, 2.45) is 11.8 Å². The standard InChI is InChI=1S/C25H35N3O4/c1-32-21-10-6-9-20(17-21)23(29)26-22(25(31)27-13-4-5-14-27)18-11-15-28(16-12-18)24(30)19-7-2-3-8-19/h6,9-10,17-19,22H,2-5,7-8,11-16H2,1H3,(H,26,29)/t22-/m0/s1. The molecule has 1 saturated carbocycles. The molecule has 2 saturated heterocycles. The highest BCUT2D eigenvalue weighted by atomic mass is 16.5. The third kappa shape index (κ3) is 5.08. The predicted octanol–water partition coefficient (Wildman–Crippen LogP) is 2.84. The van der Waals surface area contributed by atoms with Crippen LogP contribution >= 0.6 is 0 Å². The van der Waals surface area contributed by atoms with Crippen LogP contribution in [0, 0.1) is 11.8 Å². The lowest BCUT2D eigenvalue weighted by Gasteiger charge is -2.38. The molecule has 3 amide bonds. The molecule has 32 heavy (non-hydrogen) atoms. The number of likely N-dealkylation sites (tertiary alicyclic amines) is 2. The Morgan fingerprint density at radius 2 is 1.62 bits per heavy atom. The van der Waals surface area contributed by atoms with Gasteiger partial charge in [0.05, 0.1) is 7.11 Å². The van der Waals surface area contributed by atoms with Gasteiger partial charge in [-0.05, 0) is 62.6 Å². The van der Waals surface area contributed by atoms with E-state index >= 15 is 0 Å². The highest BCUT2D eigenvalue weighted by molar-refractivity contribution is 5.98. The second-order valence-electron chi connectivity index (χ2n) is 9.36. The van der Waals surface area contributed by atoms with Crippen LogP contribution in [0.25, 0.3) is 0 Å². The van der Waals surface area contributed by atoms with Crippen LogP contribution in [0.1, 0.15) is 61.7 Å². The van der Waals surface area contributed by atoms with Crippen molar-refractivity contribution in [3.8, 4) is 5.75 Å². The second kappa shape index (κ2) is 10.4. The number of amides is 3. The second-order valence-corrected chi connectivity index (χ2v) is 9.36. The van der Waals surface area contributed by atoms with E-state index in [0.717, 1.165) is 64.5 Å². The summed E-state index contributed by atoms with van der Waals surface area (Å²) < 4.78 is 5.24. The maximum Gasteiger partial charge on any atom is 0.252 e. The Labute approximate surface area is 190 Å². The fourth-order valence-corrected chi connectivity index (χ4v) is 5.39. The van der Waals surface area contributed by atoms with Gasteiger partial charge in [0, 0.05) is 37.7 Å². The number of benzene rings is 1. The molecule has 0 bridgehead atoms. The fourth-order valence-electron chi connectivity index (χ4n) is 5.39. The van der Waals surface area contributed by atoms with Gasteiger partial charge in [-0.15, -0.1) is 0 Å². The summed E-state index contributed by atoms with van der Waals surface area (Å²) >= 11 is 0. The lowest BCUT2D eigenvalue weighted by Crippen LogP contribution is -2.54. The smallest absolute Gasteiger partial charge is 0.252 e. The van der Waals surface area contributed by atoms with Gasteiger partial charge in [-0.2, -0.15) is 0 Å². The summed E-state index contributed by atoms with van der Waals surface area (Å²) in [5, 5.41) is 3.04. The number of piperidine rings is 1. The molecule has 0 unspecified atom stereocenters. The monoisotopic (exact) mass is 441 g/mol. The molecular weight excluding hydrogens is 406 g/mol. The summed E-state index contributed by atoms with van der Waals surface area (Å²) in [6.45, 7) is 2.84. The number of nitrogens with zero attached hydrogens (tertiary/aromatic N) is 2. The van der Waals surface area contributed by atoms with E-state index in [4.69, 9.17) is 4.74 Å². The van der Waals surface area contributed by atoms with Gasteiger partial charge in [-0.1, -0.05) is 18.9 Å². The average molecular weight is 442 g/mol. The highest BCUT2D eigenvalue weighted by Gasteiger charge is 2.38. The van der Waals surface area contributed by atoms with Gasteiger partial charge in [0.15, 0.2) is 0 Å². The minimum absolute atomic E-state index is 0.0133. The van der Waals surface area contributed by atoms with Gasteiger partial charge >= 0.3 is 0 Å². The topological polar surface area (TPSA) is 79.0 Å². The third-order valence-electron chi connectivity index (χ3n) is 7.33. The molecule has 3 aliphatic rings. The average Bonchev–Trinajstić information content (AvgIpc) is 3.56. The van der Waals surface area contributed by atoms with E-state index in [0.29, 0.717) is 24.4 Å². The van der Waals surface area contributed by atoms with Gasteiger partial charge in [0.25, 0.3) is 5.91 Å². The van der Waals surface area contributed by atoms with Crippen LogP contribution in [0.4, 0.5) is 0 Å². The summed E-state index contributed by atoms with van der Waals surface area (Å²) in [7, 11) is 1.57. The zero-order valence-electron chi connectivity index (χ0n) is 19.1. The first-order valence-electron chi connectivity index (χ1n) is 12.1. The Hall–Kier alpha value is -2.57. The minimum atomic E-state index is -0.560. The molecule has 174 valence electrons. The summed E-state index contributed by atoms with van der Waals surface area (Å²) in [6.07, 6.45) is 7.80. The van der Waals surface area contributed by atoms with Crippen LogP contribution in [0.3, 0.4) is 0 Å². The van der Waals surface area contributed by atoms with Crippen LogP contribution in [0.5, 0.6) is 5.75 Å². The predicted molar refractivity (Wildman–Crippen MR) is 121 cm³/mol. The molecule has 0 aromatic heterocycles. The Kier molecular flexibility index (Phi) is 7.33. The number of methoxy groups -OCH3 is 1. The van der Waals surface area contributed by atoms with E-state index in [1.165, 1.54) is 0 Å². The van der Waals surface area contributed by atoms with Crippen LogP contribution in [0.15, 0.2) is 24.3 Å². The first-order valence-corrected chi connectivity index (χ1v) is 12.1. The van der Waals surface area contributed by atoms with Crippen LogP contribution < -0.4 is 10.1 Å². The van der Waals surface area contributed by atoms with Gasteiger partial charge in [-0.3, -0.25) is 14.4 Å². The molecule has 7 heteroatoms. The number of hydrogen-bond acceptors (Lipinski definition) is 4. The summed E-state index contributed by atoms with van der Waals surface area (Å²) in [4.78, 5) is 43.1. The molecule has 1 aliphatic carbocycles. The van der Waals surface area contributed by atoms with Crippen molar-refractivity contribution < 1.29 is 19.1 Å². The van der Waals surface area contributed by atoms with Crippen molar-refractivity contribution in [3.63, 3.8) is 0 Å². The largest absolute Gasteiger partial charge is 0.497 e. The van der Waals surface area contributed by atoms with Crippen LogP contribution in [-0.2, 0) is 9.59 Å². The third-order valence-corrected chi connectivity index (χ3v) is 7.33. The zero-order valence-corrected chi connectivity index (χ0v) is 19.1. The molecule has 3 fully saturated rings.